The number of alkyl halides is 7. The van der Waals surface area contributed by atoms with Gasteiger partial charge in [0, 0.05) is 13.6 Å². The second-order valence-electron chi connectivity index (χ2n) is 3.17. The Balaban J connectivity index is 3.61. The molecule has 0 spiro atoms. The fourth-order valence-electron chi connectivity index (χ4n) is 1.19. The van der Waals surface area contributed by atoms with Crippen LogP contribution in [0.4, 0.5) is 30.7 Å². The third kappa shape index (κ3) is 2.47. The van der Waals surface area contributed by atoms with Gasteiger partial charge in [-0.05, 0) is 44.6 Å². The molecule has 0 aromatic heterocycles. The summed E-state index contributed by atoms with van der Waals surface area (Å²) in [6.45, 7) is 0. The SMILES string of the molecule is FC(F)(F)C(F)(c1cc[c]c(Br)c1I)C(F)(F)F. The highest BCUT2D eigenvalue weighted by Gasteiger charge is 2.74. The highest BCUT2D eigenvalue weighted by atomic mass is 127. The molecule has 0 saturated carbocycles. The van der Waals surface area contributed by atoms with Crippen molar-refractivity contribution >= 4 is 38.5 Å². The van der Waals surface area contributed by atoms with Crippen molar-refractivity contribution in [3.8, 4) is 0 Å². The zero-order chi connectivity index (χ0) is 14.4. The molecular weight excluding hydrogens is 448 g/mol. The molecular formula is C9H2BrF7I. The van der Waals surface area contributed by atoms with Crippen LogP contribution in [-0.2, 0) is 5.67 Å². The molecule has 18 heavy (non-hydrogen) atoms. The van der Waals surface area contributed by atoms with Crippen LogP contribution in [0.5, 0.6) is 0 Å². The van der Waals surface area contributed by atoms with Crippen LogP contribution in [0.15, 0.2) is 16.6 Å². The molecule has 0 heterocycles. The van der Waals surface area contributed by atoms with Crippen LogP contribution in [0.2, 0.25) is 0 Å². The maximum absolute atomic E-state index is 13.7. The summed E-state index contributed by atoms with van der Waals surface area (Å²) >= 11 is 3.90. The van der Waals surface area contributed by atoms with Crippen LogP contribution in [0.25, 0.3) is 0 Å². The molecule has 0 aliphatic heterocycles. The van der Waals surface area contributed by atoms with Gasteiger partial charge in [0.05, 0.1) is 0 Å². The zero-order valence-electron chi connectivity index (χ0n) is 8.06. The van der Waals surface area contributed by atoms with E-state index in [1.54, 1.807) is 0 Å². The zero-order valence-corrected chi connectivity index (χ0v) is 11.8. The Kier molecular flexibility index (Phi) is 4.27. The molecule has 1 radical (unpaired) electrons. The first kappa shape index (κ1) is 16.0. The lowest BCUT2D eigenvalue weighted by Crippen LogP contribution is -2.50. The standard InChI is InChI=1S/C9H2BrF7I/c10-5-3-1-2-4(6(5)18)7(11,8(12,13)14)9(15,16)17/h1-2H. The maximum Gasteiger partial charge on any atom is 0.435 e. The lowest BCUT2D eigenvalue weighted by atomic mass is 9.94. The highest BCUT2D eigenvalue weighted by Crippen LogP contribution is 2.54. The minimum absolute atomic E-state index is 0.170. The summed E-state index contributed by atoms with van der Waals surface area (Å²) in [6, 6.07) is 3.52. The number of hydrogen-bond acceptors (Lipinski definition) is 0. The third-order valence-corrected chi connectivity index (χ3v) is 4.53. The largest absolute Gasteiger partial charge is 0.435 e. The second-order valence-corrected chi connectivity index (χ2v) is 5.05. The molecule has 0 atom stereocenters. The van der Waals surface area contributed by atoms with E-state index in [-0.39, 0.29) is 4.47 Å². The van der Waals surface area contributed by atoms with Gasteiger partial charge in [-0.2, -0.15) is 26.3 Å². The van der Waals surface area contributed by atoms with E-state index >= 15 is 0 Å². The Morgan fingerprint density at radius 2 is 1.44 bits per heavy atom. The van der Waals surface area contributed by atoms with Gasteiger partial charge in [-0.25, -0.2) is 4.39 Å². The minimum atomic E-state index is -6.11. The van der Waals surface area contributed by atoms with Crippen LogP contribution in [-0.4, -0.2) is 12.4 Å². The van der Waals surface area contributed by atoms with Gasteiger partial charge in [-0.3, -0.25) is 0 Å². The van der Waals surface area contributed by atoms with E-state index in [4.69, 9.17) is 0 Å². The number of hydrogen-bond donors (Lipinski definition) is 0. The summed E-state index contributed by atoms with van der Waals surface area (Å²) in [5.74, 6) is 0. The van der Waals surface area contributed by atoms with Gasteiger partial charge < -0.3 is 0 Å². The van der Waals surface area contributed by atoms with Crippen molar-refractivity contribution in [1.29, 1.82) is 0 Å². The first-order chi connectivity index (χ1) is 7.93. The lowest BCUT2D eigenvalue weighted by Gasteiger charge is -2.31. The van der Waals surface area contributed by atoms with E-state index in [0.717, 1.165) is 6.07 Å². The summed E-state index contributed by atoms with van der Waals surface area (Å²) in [7, 11) is 0. The van der Waals surface area contributed by atoms with Crippen molar-refractivity contribution < 1.29 is 30.7 Å². The van der Waals surface area contributed by atoms with Crippen LogP contribution >= 0.6 is 38.5 Å². The molecule has 0 bridgehead atoms. The molecule has 0 saturated heterocycles. The van der Waals surface area contributed by atoms with Gasteiger partial charge in [0.1, 0.15) is 0 Å². The summed E-state index contributed by atoms with van der Waals surface area (Å²) in [4.78, 5) is 0. The van der Waals surface area contributed by atoms with Gasteiger partial charge in [-0.1, -0.05) is 12.1 Å². The van der Waals surface area contributed by atoms with Gasteiger partial charge in [0.15, 0.2) is 0 Å². The first-order valence-corrected chi connectivity index (χ1v) is 5.98. The lowest BCUT2D eigenvalue weighted by molar-refractivity contribution is -0.349. The maximum atomic E-state index is 13.7. The summed E-state index contributed by atoms with van der Waals surface area (Å²) in [5.41, 5.74) is -6.91. The Bertz CT molecular complexity index is 437. The molecule has 101 valence electrons. The number of benzene rings is 1. The van der Waals surface area contributed by atoms with E-state index in [1.165, 1.54) is 22.6 Å². The van der Waals surface area contributed by atoms with Crippen molar-refractivity contribution in [1.82, 2.24) is 0 Å². The van der Waals surface area contributed by atoms with Crippen molar-refractivity contribution in [2.45, 2.75) is 18.0 Å². The minimum Gasteiger partial charge on any atom is -0.218 e. The Morgan fingerprint density at radius 3 is 1.83 bits per heavy atom. The van der Waals surface area contributed by atoms with E-state index in [9.17, 15) is 30.7 Å². The van der Waals surface area contributed by atoms with E-state index < -0.39 is 27.2 Å². The van der Waals surface area contributed by atoms with Gasteiger partial charge in [-0.15, -0.1) is 0 Å². The van der Waals surface area contributed by atoms with Crippen molar-refractivity contribution in [3.05, 3.63) is 31.8 Å². The summed E-state index contributed by atoms with van der Waals surface area (Å²) in [5, 5.41) is 0. The summed E-state index contributed by atoms with van der Waals surface area (Å²) in [6.07, 6.45) is -12.2. The molecule has 0 aliphatic carbocycles. The Labute approximate surface area is 119 Å². The molecule has 1 rings (SSSR count). The molecule has 0 N–H and O–H groups in total. The van der Waals surface area contributed by atoms with E-state index in [0.29, 0.717) is 6.07 Å². The molecule has 0 nitrogen and oxygen atoms in total. The fraction of sp³-hybridized carbons (Fsp3) is 0.333. The molecule has 0 fully saturated rings. The number of halogens is 9. The van der Waals surface area contributed by atoms with Crippen LogP contribution in [0.3, 0.4) is 0 Å². The van der Waals surface area contributed by atoms with Gasteiger partial charge >= 0.3 is 18.0 Å². The summed E-state index contributed by atoms with van der Waals surface area (Å²) < 4.78 is 87.8. The average Bonchev–Trinajstić information content (AvgIpc) is 2.17. The molecule has 0 unspecified atom stereocenters. The number of rotatable bonds is 1. The Morgan fingerprint density at radius 1 is 1.00 bits per heavy atom. The molecule has 1 aromatic carbocycles. The molecule has 9 heteroatoms. The van der Waals surface area contributed by atoms with Crippen molar-refractivity contribution in [2.24, 2.45) is 0 Å². The second kappa shape index (κ2) is 4.80. The monoisotopic (exact) mass is 449 g/mol. The fourth-order valence-corrected chi connectivity index (χ4v) is 2.24. The predicted octanol–water partition coefficient (Wildman–Crippen LogP) is 5.14. The highest BCUT2D eigenvalue weighted by molar-refractivity contribution is 14.1. The van der Waals surface area contributed by atoms with E-state index in [1.807, 2.05) is 0 Å². The van der Waals surface area contributed by atoms with Crippen LogP contribution in [0.1, 0.15) is 5.56 Å². The quantitative estimate of drug-likeness (QED) is 0.411. The normalized spacial score (nSPS) is 13.8. The molecule has 0 amide bonds. The average molecular weight is 450 g/mol. The van der Waals surface area contributed by atoms with Crippen molar-refractivity contribution in [2.75, 3.05) is 0 Å². The third-order valence-electron chi connectivity index (χ3n) is 2.04. The Hall–Kier alpha value is -0.0600. The van der Waals surface area contributed by atoms with Gasteiger partial charge in [0.2, 0.25) is 0 Å². The van der Waals surface area contributed by atoms with Crippen LogP contribution in [0, 0.1) is 9.64 Å². The topological polar surface area (TPSA) is 0 Å². The van der Waals surface area contributed by atoms with Crippen molar-refractivity contribution in [3.63, 3.8) is 0 Å². The molecule has 0 aliphatic rings. The smallest absolute Gasteiger partial charge is 0.218 e. The van der Waals surface area contributed by atoms with Gasteiger partial charge in [0.25, 0.3) is 0 Å². The first-order valence-electron chi connectivity index (χ1n) is 4.11. The molecule has 1 aromatic rings. The predicted molar refractivity (Wildman–Crippen MR) is 60.6 cm³/mol. The van der Waals surface area contributed by atoms with E-state index in [2.05, 4.69) is 22.0 Å². The van der Waals surface area contributed by atoms with Crippen LogP contribution < -0.4 is 0 Å².